The van der Waals surface area contributed by atoms with Crippen LogP contribution in [-0.4, -0.2) is 20.9 Å². The molecule has 136 valence electrons. The predicted octanol–water partition coefficient (Wildman–Crippen LogP) is 2.68. The molecular formula is C21H18N2O3S. The Hall–Kier alpha value is -3.14. The lowest BCUT2D eigenvalue weighted by atomic mass is 10.1. The second kappa shape index (κ2) is 8.04. The fourth-order valence-corrected chi connectivity index (χ4v) is 3.64. The molecule has 2 N–H and O–H groups in total. The van der Waals surface area contributed by atoms with E-state index in [2.05, 4.69) is 16.0 Å². The highest BCUT2D eigenvalue weighted by atomic mass is 32.2. The summed E-state index contributed by atoms with van der Waals surface area (Å²) < 4.78 is 26.5. The number of rotatable bonds is 6. The van der Waals surface area contributed by atoms with Crippen LogP contribution in [0.5, 0.6) is 0 Å². The molecule has 0 aliphatic rings. The minimum atomic E-state index is -3.74. The van der Waals surface area contributed by atoms with Crippen molar-refractivity contribution in [3.8, 4) is 12.3 Å². The molecule has 0 spiro atoms. The predicted molar refractivity (Wildman–Crippen MR) is 106 cm³/mol. The minimum absolute atomic E-state index is 0.00361. The van der Waals surface area contributed by atoms with Crippen LogP contribution in [0.1, 0.15) is 15.9 Å². The standard InChI is InChI=1S/C21H18N2O3S/c1-2-12-23-27(25,26)20-9-5-8-19(14-20)21(24)22-15-16-10-11-17-6-3-4-7-18(17)13-16/h1,3-11,13-14,23H,12,15H2,(H,22,24). The maximum atomic E-state index is 12.4. The van der Waals surface area contributed by atoms with Crippen molar-refractivity contribution in [1.29, 1.82) is 0 Å². The Morgan fingerprint density at radius 3 is 2.52 bits per heavy atom. The minimum Gasteiger partial charge on any atom is -0.348 e. The van der Waals surface area contributed by atoms with Crippen molar-refractivity contribution in [3.63, 3.8) is 0 Å². The fraction of sp³-hybridized carbons (Fsp3) is 0.0952. The number of nitrogens with one attached hydrogen (secondary N) is 2. The van der Waals surface area contributed by atoms with E-state index in [1.807, 2.05) is 42.5 Å². The van der Waals surface area contributed by atoms with Crippen LogP contribution < -0.4 is 10.0 Å². The monoisotopic (exact) mass is 378 g/mol. The Kier molecular flexibility index (Phi) is 5.55. The summed E-state index contributed by atoms with van der Waals surface area (Å²) in [6.45, 7) is 0.233. The smallest absolute Gasteiger partial charge is 0.251 e. The largest absolute Gasteiger partial charge is 0.348 e. The summed E-state index contributed by atoms with van der Waals surface area (Å²) in [7, 11) is -3.74. The number of fused-ring (bicyclic) bond motifs is 1. The first-order valence-electron chi connectivity index (χ1n) is 8.29. The molecule has 3 rings (SSSR count). The molecule has 0 fully saturated rings. The van der Waals surface area contributed by atoms with E-state index in [1.54, 1.807) is 6.07 Å². The topological polar surface area (TPSA) is 75.3 Å². The second-order valence-corrected chi connectivity index (χ2v) is 7.69. The van der Waals surface area contributed by atoms with E-state index in [9.17, 15) is 13.2 Å². The van der Waals surface area contributed by atoms with Crippen molar-refractivity contribution in [2.24, 2.45) is 0 Å². The third-order valence-corrected chi connectivity index (χ3v) is 5.44. The molecule has 0 radical (unpaired) electrons. The maximum absolute atomic E-state index is 12.4. The molecule has 6 heteroatoms. The van der Waals surface area contributed by atoms with Crippen molar-refractivity contribution in [2.45, 2.75) is 11.4 Å². The second-order valence-electron chi connectivity index (χ2n) is 5.92. The third kappa shape index (κ3) is 4.53. The van der Waals surface area contributed by atoms with Crippen LogP contribution in [0.3, 0.4) is 0 Å². The molecule has 3 aromatic rings. The zero-order valence-electron chi connectivity index (χ0n) is 14.5. The Morgan fingerprint density at radius 1 is 0.963 bits per heavy atom. The molecule has 0 heterocycles. The summed E-state index contributed by atoms with van der Waals surface area (Å²) in [5.74, 6) is 1.86. The van der Waals surface area contributed by atoms with Gasteiger partial charge in [0, 0.05) is 12.1 Å². The zero-order chi connectivity index (χ0) is 19.3. The van der Waals surface area contributed by atoms with Gasteiger partial charge >= 0.3 is 0 Å². The Bertz CT molecular complexity index is 1130. The number of hydrogen-bond acceptors (Lipinski definition) is 3. The summed E-state index contributed by atoms with van der Waals surface area (Å²) in [4.78, 5) is 12.4. The van der Waals surface area contributed by atoms with Crippen LogP contribution in [0, 0.1) is 12.3 Å². The van der Waals surface area contributed by atoms with Gasteiger partial charge in [0.2, 0.25) is 10.0 Å². The molecule has 0 unspecified atom stereocenters. The molecular weight excluding hydrogens is 360 g/mol. The van der Waals surface area contributed by atoms with E-state index >= 15 is 0 Å². The maximum Gasteiger partial charge on any atom is 0.251 e. The van der Waals surface area contributed by atoms with Gasteiger partial charge in [0.1, 0.15) is 0 Å². The van der Waals surface area contributed by atoms with E-state index in [0.717, 1.165) is 16.3 Å². The number of amides is 1. The van der Waals surface area contributed by atoms with Crippen molar-refractivity contribution >= 4 is 26.7 Å². The molecule has 0 aromatic heterocycles. The van der Waals surface area contributed by atoms with Crippen LogP contribution >= 0.6 is 0 Å². The highest BCUT2D eigenvalue weighted by Crippen LogP contribution is 2.16. The van der Waals surface area contributed by atoms with E-state index in [0.29, 0.717) is 6.54 Å². The number of terminal acetylenes is 1. The van der Waals surface area contributed by atoms with Crippen molar-refractivity contribution in [1.82, 2.24) is 10.0 Å². The van der Waals surface area contributed by atoms with Gasteiger partial charge in [-0.05, 0) is 40.6 Å². The van der Waals surface area contributed by atoms with E-state index < -0.39 is 10.0 Å². The number of benzene rings is 3. The molecule has 27 heavy (non-hydrogen) atoms. The average Bonchev–Trinajstić information content (AvgIpc) is 2.70. The van der Waals surface area contributed by atoms with Crippen LogP contribution in [0.15, 0.2) is 71.6 Å². The quantitative estimate of drug-likeness (QED) is 0.648. The van der Waals surface area contributed by atoms with Crippen molar-refractivity contribution in [2.75, 3.05) is 6.54 Å². The highest BCUT2D eigenvalue weighted by molar-refractivity contribution is 7.89. The molecule has 0 bridgehead atoms. The Labute approximate surface area is 158 Å². The van der Waals surface area contributed by atoms with Crippen LogP contribution in [-0.2, 0) is 16.6 Å². The third-order valence-electron chi connectivity index (χ3n) is 4.04. The number of carbonyl (C=O) groups excluding carboxylic acids is 1. The lowest BCUT2D eigenvalue weighted by Gasteiger charge is -2.09. The first-order valence-corrected chi connectivity index (χ1v) is 9.77. The van der Waals surface area contributed by atoms with Gasteiger partial charge in [-0.2, -0.15) is 4.72 Å². The molecule has 0 saturated heterocycles. The molecule has 0 saturated carbocycles. The van der Waals surface area contributed by atoms with Crippen LogP contribution in [0.25, 0.3) is 10.8 Å². The Morgan fingerprint density at radius 2 is 1.74 bits per heavy atom. The summed E-state index contributed by atoms with van der Waals surface area (Å²) in [6, 6.07) is 19.8. The molecule has 0 aliphatic carbocycles. The zero-order valence-corrected chi connectivity index (χ0v) is 15.3. The summed E-state index contributed by atoms with van der Waals surface area (Å²) in [5, 5.41) is 5.04. The average molecular weight is 378 g/mol. The van der Waals surface area contributed by atoms with Gasteiger partial charge in [-0.25, -0.2) is 8.42 Å². The fourth-order valence-electron chi connectivity index (χ4n) is 2.66. The van der Waals surface area contributed by atoms with Gasteiger partial charge in [0.05, 0.1) is 11.4 Å². The molecule has 0 atom stereocenters. The molecule has 3 aromatic carbocycles. The first-order chi connectivity index (χ1) is 13.0. The molecule has 1 amide bonds. The van der Waals surface area contributed by atoms with Crippen molar-refractivity contribution < 1.29 is 13.2 Å². The summed E-state index contributed by atoms with van der Waals surface area (Å²) in [5.41, 5.74) is 1.22. The normalized spacial score (nSPS) is 11.1. The van der Waals surface area contributed by atoms with Gasteiger partial charge in [0.25, 0.3) is 5.91 Å². The van der Waals surface area contributed by atoms with Gasteiger partial charge < -0.3 is 5.32 Å². The molecule has 0 aliphatic heterocycles. The number of carbonyl (C=O) groups is 1. The summed E-state index contributed by atoms with van der Waals surface area (Å²) >= 11 is 0. The summed E-state index contributed by atoms with van der Waals surface area (Å²) in [6.07, 6.45) is 5.08. The van der Waals surface area contributed by atoms with Gasteiger partial charge in [-0.15, -0.1) is 6.42 Å². The van der Waals surface area contributed by atoms with Gasteiger partial charge in [0.15, 0.2) is 0 Å². The Balaban J connectivity index is 1.72. The highest BCUT2D eigenvalue weighted by Gasteiger charge is 2.15. The van der Waals surface area contributed by atoms with Gasteiger partial charge in [-0.3, -0.25) is 4.79 Å². The van der Waals surface area contributed by atoms with E-state index in [4.69, 9.17) is 6.42 Å². The number of hydrogen-bond donors (Lipinski definition) is 2. The SMILES string of the molecule is C#CCNS(=O)(=O)c1cccc(C(=O)NCc2ccc3ccccc3c2)c1. The van der Waals surface area contributed by atoms with E-state index in [1.165, 1.54) is 18.2 Å². The molecule has 5 nitrogen and oxygen atoms in total. The first kappa shape index (κ1) is 18.6. The number of sulfonamides is 1. The van der Waals surface area contributed by atoms with E-state index in [-0.39, 0.29) is 22.9 Å². The lowest BCUT2D eigenvalue weighted by Crippen LogP contribution is -2.25. The van der Waals surface area contributed by atoms with Crippen molar-refractivity contribution in [3.05, 3.63) is 77.9 Å². The lowest BCUT2D eigenvalue weighted by molar-refractivity contribution is 0.0950. The van der Waals surface area contributed by atoms with Gasteiger partial charge in [-0.1, -0.05) is 48.4 Å². The van der Waals surface area contributed by atoms with Crippen LogP contribution in [0.4, 0.5) is 0 Å². The van der Waals surface area contributed by atoms with Crippen LogP contribution in [0.2, 0.25) is 0 Å².